The molecule has 0 unspecified atom stereocenters. The third-order valence-electron chi connectivity index (χ3n) is 11.9. The average molecular weight is 808 g/mol. The van der Waals surface area contributed by atoms with E-state index in [0.717, 1.165) is 88.6 Å². The maximum Gasteiger partial charge on any atom is 0.238 e. The Bertz CT molecular complexity index is 3540. The lowest BCUT2D eigenvalue weighted by atomic mass is 10.0. The zero-order valence-corrected chi connectivity index (χ0v) is 34.0. The van der Waals surface area contributed by atoms with Crippen molar-refractivity contribution in [3.63, 3.8) is 0 Å². The topological polar surface area (TPSA) is 60.0 Å². The Morgan fingerprint density at radius 2 is 0.762 bits per heavy atom. The van der Waals surface area contributed by atoms with E-state index in [9.17, 15) is 0 Å². The van der Waals surface area contributed by atoms with E-state index in [2.05, 4.69) is 155 Å². The van der Waals surface area contributed by atoms with Gasteiger partial charge >= 0.3 is 0 Å². The molecule has 0 fully saturated rings. The molecule has 6 heteroatoms. The molecule has 6 nitrogen and oxygen atoms in total. The number of rotatable bonds is 8. The number of aromatic nitrogens is 4. The second-order valence-corrected chi connectivity index (χ2v) is 15.7. The molecule has 0 spiro atoms. The smallest absolute Gasteiger partial charge is 0.238 e. The van der Waals surface area contributed by atoms with E-state index < -0.39 is 0 Å². The van der Waals surface area contributed by atoms with Crippen molar-refractivity contribution in [3.05, 3.63) is 224 Å². The van der Waals surface area contributed by atoms with Gasteiger partial charge in [0.05, 0.1) is 11.0 Å². The molecule has 0 bridgehead atoms. The SMILES string of the molecule is c1ccc(-c2ccc(N(c3ccc4c(c3)oc3ccccc34)c3ccc4c5ccc(-c6ccccc6)cc5n(-c5nc(-c6ccccc6)nc(-c6ccccc6)n5)c4c3)cc2)cc1. The van der Waals surface area contributed by atoms with E-state index in [-0.39, 0.29) is 0 Å². The van der Waals surface area contributed by atoms with Crippen molar-refractivity contribution in [1.29, 1.82) is 0 Å². The van der Waals surface area contributed by atoms with Gasteiger partial charge in [0.1, 0.15) is 11.2 Å². The first-order chi connectivity index (χ1) is 31.2. The lowest BCUT2D eigenvalue weighted by molar-refractivity contribution is 0.669. The number of anilines is 3. The number of furan rings is 1. The predicted molar refractivity (Wildman–Crippen MR) is 258 cm³/mol. The van der Waals surface area contributed by atoms with E-state index >= 15 is 0 Å². The van der Waals surface area contributed by atoms with Crippen LogP contribution in [0.2, 0.25) is 0 Å². The molecule has 0 aliphatic heterocycles. The molecule has 9 aromatic carbocycles. The standard InChI is InChI=1S/C57H37N5O/c1-5-15-38(16-6-1)40-25-28-44(29-26-40)61(46-31-34-50-49-23-13-14-24-53(49)63-54(50)37-46)45-30-33-48-47-32-27-43(39-17-7-2-8-18-39)35-51(47)62(52(48)36-45)57-59-55(41-19-9-3-10-20-41)58-56(60-57)42-21-11-4-12-22-42/h1-37H. The summed E-state index contributed by atoms with van der Waals surface area (Å²) in [5, 5.41) is 4.36. The van der Waals surface area contributed by atoms with Gasteiger partial charge in [-0.3, -0.25) is 4.57 Å². The monoisotopic (exact) mass is 807 g/mol. The van der Waals surface area contributed by atoms with Gasteiger partial charge in [-0.15, -0.1) is 0 Å². The minimum Gasteiger partial charge on any atom is -0.456 e. The third-order valence-corrected chi connectivity index (χ3v) is 11.9. The molecule has 63 heavy (non-hydrogen) atoms. The molecule has 0 aliphatic carbocycles. The summed E-state index contributed by atoms with van der Waals surface area (Å²) in [6.45, 7) is 0. The Hall–Kier alpha value is -8.61. The van der Waals surface area contributed by atoms with Crippen molar-refractivity contribution in [1.82, 2.24) is 19.5 Å². The Kier molecular flexibility index (Phi) is 8.71. The Labute approximate surface area is 363 Å². The van der Waals surface area contributed by atoms with Gasteiger partial charge in [-0.1, -0.05) is 170 Å². The quantitative estimate of drug-likeness (QED) is 0.153. The molecule has 296 valence electrons. The van der Waals surface area contributed by atoms with E-state index in [1.165, 1.54) is 5.56 Å². The molecular weight excluding hydrogens is 771 g/mol. The van der Waals surface area contributed by atoms with Crippen LogP contribution in [0.4, 0.5) is 17.1 Å². The summed E-state index contributed by atoms with van der Waals surface area (Å²) in [5.74, 6) is 1.74. The van der Waals surface area contributed by atoms with Crippen LogP contribution in [0.15, 0.2) is 229 Å². The first kappa shape index (κ1) is 36.3. The van der Waals surface area contributed by atoms with E-state index in [0.29, 0.717) is 17.6 Å². The molecule has 3 aromatic heterocycles. The summed E-state index contributed by atoms with van der Waals surface area (Å²) < 4.78 is 8.68. The van der Waals surface area contributed by atoms with Crippen molar-refractivity contribution in [3.8, 4) is 51.0 Å². The van der Waals surface area contributed by atoms with Crippen molar-refractivity contribution in [2.75, 3.05) is 4.90 Å². The fourth-order valence-electron chi connectivity index (χ4n) is 8.80. The normalized spacial score (nSPS) is 11.5. The summed E-state index contributed by atoms with van der Waals surface area (Å²) in [7, 11) is 0. The van der Waals surface area contributed by atoms with Crippen LogP contribution in [-0.4, -0.2) is 19.5 Å². The number of nitrogens with zero attached hydrogens (tertiary/aromatic N) is 5. The van der Waals surface area contributed by atoms with Crippen LogP contribution in [0.25, 0.3) is 94.7 Å². The molecule has 0 N–H and O–H groups in total. The van der Waals surface area contributed by atoms with Gasteiger partial charge in [0.25, 0.3) is 0 Å². The Balaban J connectivity index is 1.11. The first-order valence-electron chi connectivity index (χ1n) is 21.1. The lowest BCUT2D eigenvalue weighted by Gasteiger charge is -2.26. The van der Waals surface area contributed by atoms with Gasteiger partial charge in [-0.25, -0.2) is 4.98 Å². The Morgan fingerprint density at radius 3 is 1.40 bits per heavy atom. The number of benzene rings is 9. The summed E-state index contributed by atoms with van der Waals surface area (Å²) in [4.78, 5) is 17.9. The number of para-hydroxylation sites is 1. The molecular formula is C57H37N5O. The maximum absolute atomic E-state index is 6.47. The number of hydrogen-bond acceptors (Lipinski definition) is 5. The Morgan fingerprint density at radius 1 is 0.317 bits per heavy atom. The van der Waals surface area contributed by atoms with Crippen LogP contribution in [0.1, 0.15) is 0 Å². The summed E-state index contributed by atoms with van der Waals surface area (Å²) in [5.41, 5.74) is 13.0. The first-order valence-corrected chi connectivity index (χ1v) is 21.1. The highest BCUT2D eigenvalue weighted by Gasteiger charge is 2.22. The molecule has 12 rings (SSSR count). The molecule has 0 atom stereocenters. The zero-order valence-electron chi connectivity index (χ0n) is 34.0. The lowest BCUT2D eigenvalue weighted by Crippen LogP contribution is -2.10. The summed E-state index contributed by atoms with van der Waals surface area (Å²) >= 11 is 0. The van der Waals surface area contributed by atoms with Gasteiger partial charge in [0.2, 0.25) is 5.95 Å². The van der Waals surface area contributed by atoms with Crippen molar-refractivity contribution in [2.45, 2.75) is 0 Å². The average Bonchev–Trinajstić information content (AvgIpc) is 3.90. The van der Waals surface area contributed by atoms with Gasteiger partial charge < -0.3 is 9.32 Å². The highest BCUT2D eigenvalue weighted by atomic mass is 16.3. The molecule has 12 aromatic rings. The van der Waals surface area contributed by atoms with Crippen LogP contribution >= 0.6 is 0 Å². The third kappa shape index (κ3) is 6.49. The fourth-order valence-corrected chi connectivity index (χ4v) is 8.80. The minimum absolute atomic E-state index is 0.535. The van der Waals surface area contributed by atoms with Gasteiger partial charge in [-0.2, -0.15) is 9.97 Å². The summed E-state index contributed by atoms with van der Waals surface area (Å²) in [6.07, 6.45) is 0. The maximum atomic E-state index is 6.47. The fraction of sp³-hybridized carbons (Fsp3) is 0. The zero-order chi connectivity index (χ0) is 41.7. The van der Waals surface area contributed by atoms with Crippen molar-refractivity contribution in [2.24, 2.45) is 0 Å². The minimum atomic E-state index is 0.535. The van der Waals surface area contributed by atoms with Gasteiger partial charge in [0, 0.05) is 55.8 Å². The van der Waals surface area contributed by atoms with Crippen LogP contribution < -0.4 is 4.90 Å². The van der Waals surface area contributed by atoms with E-state index in [4.69, 9.17) is 19.4 Å². The second-order valence-electron chi connectivity index (χ2n) is 15.7. The van der Waals surface area contributed by atoms with Crippen LogP contribution in [0.3, 0.4) is 0 Å². The van der Waals surface area contributed by atoms with E-state index in [1.54, 1.807) is 0 Å². The largest absolute Gasteiger partial charge is 0.456 e. The van der Waals surface area contributed by atoms with Crippen LogP contribution in [0.5, 0.6) is 0 Å². The molecule has 0 aliphatic rings. The predicted octanol–water partition coefficient (Wildman–Crippen LogP) is 15.0. The molecule has 0 saturated heterocycles. The van der Waals surface area contributed by atoms with Crippen LogP contribution in [-0.2, 0) is 0 Å². The van der Waals surface area contributed by atoms with Gasteiger partial charge in [0.15, 0.2) is 11.6 Å². The summed E-state index contributed by atoms with van der Waals surface area (Å²) in [6, 6.07) is 78.2. The van der Waals surface area contributed by atoms with E-state index in [1.807, 2.05) is 78.9 Å². The van der Waals surface area contributed by atoms with Gasteiger partial charge in [-0.05, 0) is 70.8 Å². The van der Waals surface area contributed by atoms with Crippen molar-refractivity contribution < 1.29 is 4.42 Å². The molecule has 0 radical (unpaired) electrons. The highest BCUT2D eigenvalue weighted by Crippen LogP contribution is 2.42. The molecule has 0 amide bonds. The molecule has 0 saturated carbocycles. The number of hydrogen-bond donors (Lipinski definition) is 0. The molecule has 3 heterocycles. The van der Waals surface area contributed by atoms with Crippen LogP contribution in [0, 0.1) is 0 Å². The van der Waals surface area contributed by atoms with Crippen molar-refractivity contribution >= 4 is 60.8 Å². The highest BCUT2D eigenvalue weighted by molar-refractivity contribution is 6.11. The second kappa shape index (κ2) is 15.1. The number of fused-ring (bicyclic) bond motifs is 6.